The molecule has 0 radical (unpaired) electrons. The molecule has 0 aliphatic carbocycles. The number of para-hydroxylation sites is 1. The zero-order valence-electron chi connectivity index (χ0n) is 12.9. The Labute approximate surface area is 138 Å². The Bertz CT molecular complexity index is 886. The molecule has 2 aromatic carbocycles. The van der Waals surface area contributed by atoms with Gasteiger partial charge in [0.05, 0.1) is 6.21 Å². The van der Waals surface area contributed by atoms with Crippen LogP contribution in [-0.4, -0.2) is 22.4 Å². The number of rotatable bonds is 4. The predicted molar refractivity (Wildman–Crippen MR) is 89.8 cm³/mol. The topological polar surface area (TPSA) is 87.7 Å². The van der Waals surface area contributed by atoms with Gasteiger partial charge in [-0.15, -0.1) is 0 Å². The van der Waals surface area contributed by atoms with Crippen molar-refractivity contribution in [2.45, 2.75) is 6.92 Å². The Hall–Kier alpha value is -3.41. The number of aromatic hydroxyl groups is 1. The number of carbonyl (C=O) groups is 1. The second kappa shape index (κ2) is 6.78. The van der Waals surface area contributed by atoms with Crippen LogP contribution in [0.5, 0.6) is 5.75 Å². The zero-order valence-corrected chi connectivity index (χ0v) is 12.9. The van der Waals surface area contributed by atoms with Gasteiger partial charge in [0.1, 0.15) is 22.8 Å². The van der Waals surface area contributed by atoms with Gasteiger partial charge in [-0.05, 0) is 19.1 Å². The van der Waals surface area contributed by atoms with Crippen LogP contribution < -0.4 is 5.43 Å². The lowest BCUT2D eigenvalue weighted by Crippen LogP contribution is -2.18. The average Bonchev–Trinajstić information content (AvgIpc) is 2.99. The third-order valence-corrected chi connectivity index (χ3v) is 3.44. The Morgan fingerprint density at radius 1 is 1.17 bits per heavy atom. The van der Waals surface area contributed by atoms with E-state index in [1.807, 2.05) is 30.3 Å². The van der Waals surface area contributed by atoms with E-state index in [1.54, 1.807) is 31.2 Å². The van der Waals surface area contributed by atoms with Crippen LogP contribution in [0.15, 0.2) is 64.2 Å². The molecule has 0 saturated carbocycles. The maximum atomic E-state index is 12.4. The lowest BCUT2D eigenvalue weighted by Gasteiger charge is -2.02. The monoisotopic (exact) mass is 321 g/mol. The van der Waals surface area contributed by atoms with Gasteiger partial charge < -0.3 is 9.63 Å². The second-order valence-corrected chi connectivity index (χ2v) is 5.09. The molecule has 1 amide bonds. The third kappa shape index (κ3) is 3.17. The summed E-state index contributed by atoms with van der Waals surface area (Å²) < 4.78 is 5.15. The molecule has 6 nitrogen and oxygen atoms in total. The van der Waals surface area contributed by atoms with Gasteiger partial charge in [0.15, 0.2) is 0 Å². The molecule has 0 unspecified atom stereocenters. The molecule has 120 valence electrons. The van der Waals surface area contributed by atoms with Gasteiger partial charge in [0.25, 0.3) is 5.91 Å². The molecule has 24 heavy (non-hydrogen) atoms. The van der Waals surface area contributed by atoms with Gasteiger partial charge in [-0.1, -0.05) is 47.6 Å². The lowest BCUT2D eigenvalue weighted by molar-refractivity contribution is 0.0954. The molecule has 0 spiro atoms. The van der Waals surface area contributed by atoms with E-state index in [2.05, 4.69) is 15.7 Å². The summed E-state index contributed by atoms with van der Waals surface area (Å²) in [6, 6.07) is 16.0. The largest absolute Gasteiger partial charge is 0.507 e. The molecule has 3 aromatic rings. The van der Waals surface area contributed by atoms with Crippen LogP contribution in [-0.2, 0) is 0 Å². The maximum absolute atomic E-state index is 12.4. The van der Waals surface area contributed by atoms with Crippen molar-refractivity contribution >= 4 is 12.1 Å². The van der Waals surface area contributed by atoms with Crippen LogP contribution >= 0.6 is 0 Å². The average molecular weight is 321 g/mol. The first-order valence-corrected chi connectivity index (χ1v) is 7.30. The van der Waals surface area contributed by atoms with Crippen LogP contribution in [0.4, 0.5) is 0 Å². The van der Waals surface area contributed by atoms with Crippen molar-refractivity contribution in [2.24, 2.45) is 5.10 Å². The quantitative estimate of drug-likeness (QED) is 0.571. The molecule has 1 heterocycles. The minimum absolute atomic E-state index is 0.0848. The third-order valence-electron chi connectivity index (χ3n) is 3.44. The number of nitrogens with one attached hydrogen (secondary N) is 1. The normalized spacial score (nSPS) is 10.9. The number of benzene rings is 2. The Balaban J connectivity index is 1.81. The summed E-state index contributed by atoms with van der Waals surface area (Å²) in [5.41, 5.74) is 4.51. The van der Waals surface area contributed by atoms with Gasteiger partial charge in [-0.2, -0.15) is 5.10 Å². The molecule has 1 aromatic heterocycles. The van der Waals surface area contributed by atoms with E-state index in [0.29, 0.717) is 22.6 Å². The fourth-order valence-corrected chi connectivity index (χ4v) is 2.25. The van der Waals surface area contributed by atoms with Gasteiger partial charge in [-0.25, -0.2) is 5.43 Å². The Morgan fingerprint density at radius 3 is 2.62 bits per heavy atom. The highest BCUT2D eigenvalue weighted by Gasteiger charge is 2.21. The molecule has 3 rings (SSSR count). The first kappa shape index (κ1) is 15.5. The van der Waals surface area contributed by atoms with Crippen molar-refractivity contribution in [3.8, 4) is 17.0 Å². The number of hydrogen-bond donors (Lipinski definition) is 2. The van der Waals surface area contributed by atoms with Crippen LogP contribution in [0.2, 0.25) is 0 Å². The fraction of sp³-hybridized carbons (Fsp3) is 0.0556. The van der Waals surface area contributed by atoms with E-state index in [9.17, 15) is 9.90 Å². The number of carbonyl (C=O) groups excluding carboxylic acids is 1. The standard InChI is InChI=1S/C18H15N3O3/c1-12-16(17(21-24-12)13-7-3-2-4-8-13)18(23)20-19-11-14-9-5-6-10-15(14)22/h2-11,22H,1H3,(H,20,23)/b19-11+. The van der Waals surface area contributed by atoms with Gasteiger partial charge in [0.2, 0.25) is 0 Å². The molecule has 0 aliphatic rings. The van der Waals surface area contributed by atoms with Crippen molar-refractivity contribution in [1.29, 1.82) is 0 Å². The molecule has 2 N–H and O–H groups in total. The number of nitrogens with zero attached hydrogens (tertiary/aromatic N) is 2. The summed E-state index contributed by atoms with van der Waals surface area (Å²) >= 11 is 0. The first-order valence-electron chi connectivity index (χ1n) is 7.30. The molecule has 0 atom stereocenters. The summed E-state index contributed by atoms with van der Waals surface area (Å²) in [5.74, 6) is 0.0602. The fourth-order valence-electron chi connectivity index (χ4n) is 2.25. The zero-order chi connectivity index (χ0) is 16.9. The minimum atomic E-state index is -0.431. The van der Waals surface area contributed by atoms with E-state index in [1.165, 1.54) is 6.21 Å². The SMILES string of the molecule is Cc1onc(-c2ccccc2)c1C(=O)N/N=C/c1ccccc1O. The molecular weight excluding hydrogens is 306 g/mol. The van der Waals surface area contributed by atoms with Crippen molar-refractivity contribution in [1.82, 2.24) is 10.6 Å². The minimum Gasteiger partial charge on any atom is -0.507 e. The summed E-state index contributed by atoms with van der Waals surface area (Å²) in [5, 5.41) is 17.5. The van der Waals surface area contributed by atoms with Gasteiger partial charge >= 0.3 is 0 Å². The van der Waals surface area contributed by atoms with Crippen LogP contribution in [0, 0.1) is 6.92 Å². The highest BCUT2D eigenvalue weighted by atomic mass is 16.5. The van der Waals surface area contributed by atoms with Crippen molar-refractivity contribution in [3.05, 3.63) is 71.5 Å². The Morgan fingerprint density at radius 2 is 1.88 bits per heavy atom. The van der Waals surface area contributed by atoms with Crippen molar-refractivity contribution in [2.75, 3.05) is 0 Å². The molecule has 0 fully saturated rings. The highest BCUT2D eigenvalue weighted by molar-refractivity contribution is 6.01. The summed E-state index contributed by atoms with van der Waals surface area (Å²) in [7, 11) is 0. The maximum Gasteiger partial charge on any atom is 0.277 e. The number of amides is 1. The van der Waals surface area contributed by atoms with Crippen molar-refractivity contribution in [3.63, 3.8) is 0 Å². The van der Waals surface area contributed by atoms with E-state index in [0.717, 1.165) is 5.56 Å². The highest BCUT2D eigenvalue weighted by Crippen LogP contribution is 2.24. The van der Waals surface area contributed by atoms with Gasteiger partial charge in [-0.3, -0.25) is 4.79 Å². The molecule has 0 aliphatic heterocycles. The van der Waals surface area contributed by atoms with E-state index < -0.39 is 5.91 Å². The lowest BCUT2D eigenvalue weighted by atomic mass is 10.1. The number of phenols is 1. The smallest absolute Gasteiger partial charge is 0.277 e. The number of hydrogen-bond acceptors (Lipinski definition) is 5. The summed E-state index contributed by atoms with van der Waals surface area (Å²) in [6.07, 6.45) is 1.37. The number of phenolic OH excluding ortho intramolecular Hbond substituents is 1. The number of aryl methyl sites for hydroxylation is 1. The number of hydrazone groups is 1. The Kier molecular flexibility index (Phi) is 4.38. The molecule has 0 saturated heterocycles. The summed E-state index contributed by atoms with van der Waals surface area (Å²) in [6.45, 7) is 1.67. The molecule has 6 heteroatoms. The van der Waals surface area contributed by atoms with Crippen LogP contribution in [0.25, 0.3) is 11.3 Å². The van der Waals surface area contributed by atoms with E-state index >= 15 is 0 Å². The predicted octanol–water partition coefficient (Wildman–Crippen LogP) is 3.12. The first-order chi connectivity index (χ1) is 11.7. The van der Waals surface area contributed by atoms with E-state index in [4.69, 9.17) is 4.52 Å². The van der Waals surface area contributed by atoms with Crippen molar-refractivity contribution < 1.29 is 14.4 Å². The van der Waals surface area contributed by atoms with Gasteiger partial charge in [0, 0.05) is 11.1 Å². The van der Waals surface area contributed by atoms with Crippen LogP contribution in [0.1, 0.15) is 21.7 Å². The second-order valence-electron chi connectivity index (χ2n) is 5.09. The molecular formula is C18H15N3O3. The van der Waals surface area contributed by atoms with Crippen LogP contribution in [0.3, 0.4) is 0 Å². The van der Waals surface area contributed by atoms with E-state index in [-0.39, 0.29) is 5.75 Å². The molecule has 0 bridgehead atoms. The summed E-state index contributed by atoms with van der Waals surface area (Å²) in [4.78, 5) is 12.4. The number of aromatic nitrogens is 1.